The first-order chi connectivity index (χ1) is 7.33. The summed E-state index contributed by atoms with van der Waals surface area (Å²) in [6.45, 7) is 7.77. The summed E-state index contributed by atoms with van der Waals surface area (Å²) in [5, 5.41) is 3.39. The Bertz CT molecular complexity index is 217. The fourth-order valence-corrected chi connectivity index (χ4v) is 2.68. The minimum absolute atomic E-state index is 0.908. The van der Waals surface area contributed by atoms with E-state index in [9.17, 15) is 0 Å². The van der Waals surface area contributed by atoms with Crippen LogP contribution in [-0.4, -0.2) is 37.1 Å². The molecule has 0 radical (unpaired) electrons. The van der Waals surface area contributed by atoms with E-state index in [4.69, 9.17) is 0 Å². The molecule has 1 aliphatic heterocycles. The molecule has 0 aromatic carbocycles. The highest BCUT2D eigenvalue weighted by Crippen LogP contribution is 2.35. The van der Waals surface area contributed by atoms with Crippen molar-refractivity contribution in [1.29, 1.82) is 0 Å². The van der Waals surface area contributed by atoms with Gasteiger partial charge in [-0.25, -0.2) is 0 Å². The summed E-state index contributed by atoms with van der Waals surface area (Å²) in [7, 11) is 0. The van der Waals surface area contributed by atoms with Gasteiger partial charge < -0.3 is 5.32 Å². The Balaban J connectivity index is 1.47. The first-order valence-electron chi connectivity index (χ1n) is 6.77. The second-order valence-electron chi connectivity index (χ2n) is 6.02. The van der Waals surface area contributed by atoms with E-state index in [1.807, 2.05) is 0 Å². The Hall–Kier alpha value is -0.0800. The van der Waals surface area contributed by atoms with Crippen LogP contribution in [0.2, 0.25) is 0 Å². The molecule has 0 spiro atoms. The van der Waals surface area contributed by atoms with Crippen LogP contribution < -0.4 is 5.32 Å². The molecule has 3 rings (SSSR count). The van der Waals surface area contributed by atoms with Crippen molar-refractivity contribution in [2.24, 2.45) is 17.8 Å². The van der Waals surface area contributed by atoms with Crippen LogP contribution in [-0.2, 0) is 0 Å². The van der Waals surface area contributed by atoms with Crippen molar-refractivity contribution in [2.75, 3.05) is 26.2 Å². The van der Waals surface area contributed by atoms with Crippen LogP contribution in [0.25, 0.3) is 0 Å². The fourth-order valence-electron chi connectivity index (χ4n) is 2.68. The number of hydrogen-bond donors (Lipinski definition) is 1. The molecule has 86 valence electrons. The molecule has 1 saturated heterocycles. The zero-order chi connectivity index (χ0) is 10.3. The van der Waals surface area contributed by atoms with Crippen LogP contribution in [0.5, 0.6) is 0 Å². The molecule has 0 aromatic heterocycles. The highest BCUT2D eigenvalue weighted by Gasteiger charge is 2.35. The molecule has 3 fully saturated rings. The largest absolute Gasteiger partial charge is 0.316 e. The third-order valence-electron chi connectivity index (χ3n) is 4.39. The highest BCUT2D eigenvalue weighted by molar-refractivity contribution is 4.90. The van der Waals surface area contributed by atoms with Gasteiger partial charge in [0, 0.05) is 19.1 Å². The predicted molar refractivity (Wildman–Crippen MR) is 62.8 cm³/mol. The summed E-state index contributed by atoms with van der Waals surface area (Å²) in [4.78, 5) is 2.81. The van der Waals surface area contributed by atoms with Crippen molar-refractivity contribution in [3.63, 3.8) is 0 Å². The molecule has 2 heteroatoms. The summed E-state index contributed by atoms with van der Waals surface area (Å²) in [6.07, 6.45) is 5.95. The Morgan fingerprint density at radius 1 is 1.20 bits per heavy atom. The first kappa shape index (κ1) is 10.1. The van der Waals surface area contributed by atoms with Gasteiger partial charge >= 0.3 is 0 Å². The van der Waals surface area contributed by atoms with Gasteiger partial charge in [-0.3, -0.25) is 4.90 Å². The van der Waals surface area contributed by atoms with E-state index in [1.54, 1.807) is 0 Å². The van der Waals surface area contributed by atoms with Gasteiger partial charge in [0.25, 0.3) is 0 Å². The average molecular weight is 208 g/mol. The van der Waals surface area contributed by atoms with E-state index < -0.39 is 0 Å². The van der Waals surface area contributed by atoms with Gasteiger partial charge in [0.1, 0.15) is 0 Å². The van der Waals surface area contributed by atoms with E-state index >= 15 is 0 Å². The number of hydrogen-bond acceptors (Lipinski definition) is 2. The zero-order valence-electron chi connectivity index (χ0n) is 9.91. The second kappa shape index (κ2) is 4.06. The van der Waals surface area contributed by atoms with Crippen LogP contribution in [0, 0.1) is 17.8 Å². The minimum Gasteiger partial charge on any atom is -0.316 e. The summed E-state index contributed by atoms with van der Waals surface area (Å²) < 4.78 is 0. The zero-order valence-corrected chi connectivity index (χ0v) is 9.91. The van der Waals surface area contributed by atoms with Crippen molar-refractivity contribution in [3.8, 4) is 0 Å². The Morgan fingerprint density at radius 3 is 2.40 bits per heavy atom. The molecule has 2 saturated carbocycles. The van der Waals surface area contributed by atoms with Gasteiger partial charge in [-0.15, -0.1) is 0 Å². The normalized spacial score (nSPS) is 29.2. The van der Waals surface area contributed by atoms with Crippen molar-refractivity contribution in [3.05, 3.63) is 0 Å². The van der Waals surface area contributed by atoms with Crippen molar-refractivity contribution < 1.29 is 0 Å². The number of nitrogens with one attached hydrogen (secondary N) is 1. The molecule has 1 atom stereocenters. The lowest BCUT2D eigenvalue weighted by atomic mass is 9.88. The van der Waals surface area contributed by atoms with Crippen molar-refractivity contribution >= 4 is 0 Å². The lowest BCUT2D eigenvalue weighted by molar-refractivity contribution is 0.156. The minimum atomic E-state index is 0.908. The predicted octanol–water partition coefficient (Wildman–Crippen LogP) is 1.72. The fraction of sp³-hybridized carbons (Fsp3) is 1.00. The van der Waals surface area contributed by atoms with Crippen molar-refractivity contribution in [1.82, 2.24) is 10.2 Å². The van der Waals surface area contributed by atoms with Gasteiger partial charge in [0.15, 0.2) is 0 Å². The summed E-state index contributed by atoms with van der Waals surface area (Å²) in [5.41, 5.74) is 0. The Labute approximate surface area is 93.4 Å². The molecule has 3 aliphatic rings. The molecule has 2 nitrogen and oxygen atoms in total. The molecular formula is C13H24N2. The maximum atomic E-state index is 3.39. The molecule has 1 N–H and O–H groups in total. The number of nitrogens with zero attached hydrogens (tertiary/aromatic N) is 1. The first-order valence-corrected chi connectivity index (χ1v) is 6.77. The highest BCUT2D eigenvalue weighted by atomic mass is 15.2. The quantitative estimate of drug-likeness (QED) is 0.715. The lowest BCUT2D eigenvalue weighted by Gasteiger charge is -2.36. The monoisotopic (exact) mass is 208 g/mol. The van der Waals surface area contributed by atoms with E-state index in [-0.39, 0.29) is 0 Å². The molecule has 1 unspecified atom stereocenters. The average Bonchev–Trinajstić information content (AvgIpc) is 2.96. The molecule has 15 heavy (non-hydrogen) atoms. The number of rotatable bonds is 6. The van der Waals surface area contributed by atoms with Crippen LogP contribution in [0.15, 0.2) is 0 Å². The molecular weight excluding hydrogens is 184 g/mol. The van der Waals surface area contributed by atoms with E-state index in [1.165, 1.54) is 51.9 Å². The molecule has 0 bridgehead atoms. The van der Waals surface area contributed by atoms with Gasteiger partial charge in [0.05, 0.1) is 0 Å². The van der Waals surface area contributed by atoms with Gasteiger partial charge in [0.2, 0.25) is 0 Å². The third-order valence-corrected chi connectivity index (χ3v) is 4.39. The Morgan fingerprint density at radius 2 is 1.93 bits per heavy atom. The third kappa shape index (κ3) is 2.54. The van der Waals surface area contributed by atoms with Gasteiger partial charge in [-0.2, -0.15) is 0 Å². The standard InChI is InChI=1S/C13H24N2/c1-10(12-6-14-7-12)8-15(13-4-5-13)9-11-2-3-11/h10-14H,2-9H2,1H3. The smallest absolute Gasteiger partial charge is 0.00966 e. The summed E-state index contributed by atoms with van der Waals surface area (Å²) in [6, 6.07) is 0.973. The van der Waals surface area contributed by atoms with Crippen LogP contribution in [0.1, 0.15) is 32.6 Å². The maximum absolute atomic E-state index is 3.39. The van der Waals surface area contributed by atoms with E-state index in [0.717, 1.165) is 23.8 Å². The summed E-state index contributed by atoms with van der Waals surface area (Å²) in [5.74, 6) is 2.94. The molecule has 1 heterocycles. The van der Waals surface area contributed by atoms with Gasteiger partial charge in [-0.05, 0) is 56.5 Å². The van der Waals surface area contributed by atoms with E-state index in [0.29, 0.717) is 0 Å². The van der Waals surface area contributed by atoms with Crippen LogP contribution in [0.3, 0.4) is 0 Å². The van der Waals surface area contributed by atoms with Crippen LogP contribution >= 0.6 is 0 Å². The topological polar surface area (TPSA) is 15.3 Å². The lowest BCUT2D eigenvalue weighted by Crippen LogP contribution is -2.48. The second-order valence-corrected chi connectivity index (χ2v) is 6.02. The molecule has 0 aromatic rings. The maximum Gasteiger partial charge on any atom is 0.00966 e. The van der Waals surface area contributed by atoms with Crippen LogP contribution in [0.4, 0.5) is 0 Å². The van der Waals surface area contributed by atoms with E-state index in [2.05, 4.69) is 17.1 Å². The SMILES string of the molecule is CC(CN(CC1CC1)C1CC1)C1CNC1. The Kier molecular flexibility index (Phi) is 2.73. The molecule has 0 amide bonds. The van der Waals surface area contributed by atoms with Crippen molar-refractivity contribution in [2.45, 2.75) is 38.6 Å². The molecule has 2 aliphatic carbocycles. The summed E-state index contributed by atoms with van der Waals surface area (Å²) >= 11 is 0. The van der Waals surface area contributed by atoms with Gasteiger partial charge in [-0.1, -0.05) is 6.92 Å².